The molecule has 0 unspecified atom stereocenters. The Labute approximate surface area is 138 Å². The molecule has 0 saturated carbocycles. The molecule has 0 aliphatic carbocycles. The zero-order chi connectivity index (χ0) is 17.9. The van der Waals surface area contributed by atoms with Gasteiger partial charge in [-0.1, -0.05) is 12.1 Å². The van der Waals surface area contributed by atoms with Crippen molar-refractivity contribution in [2.24, 2.45) is 0 Å². The molecule has 0 heterocycles. The fourth-order valence-electron chi connectivity index (χ4n) is 1.87. The number of nitrogens with one attached hydrogen (secondary N) is 2. The molecule has 2 aromatic carbocycles. The van der Waals surface area contributed by atoms with E-state index in [1.807, 2.05) is 0 Å². The first-order valence-electron chi connectivity index (χ1n) is 6.53. The monoisotopic (exact) mass is 364 g/mol. The van der Waals surface area contributed by atoms with Gasteiger partial charge in [-0.3, -0.25) is 0 Å². The maximum atomic E-state index is 13.8. The van der Waals surface area contributed by atoms with E-state index in [1.165, 1.54) is 0 Å². The normalized spacial score (nSPS) is 11.2. The zero-order valence-corrected chi connectivity index (χ0v) is 12.7. The lowest BCUT2D eigenvalue weighted by Gasteiger charge is -2.14. The standard InChI is InChI=1S/C15H10F6N2S/c16-9-4-5-11(17)12(6-9)23-14(24)22-7-8-2-1-3-10(13(8)18)15(19,20)21/h1-6H,7H2,(H2,22,23,24). The van der Waals surface area contributed by atoms with Crippen molar-refractivity contribution in [1.82, 2.24) is 5.32 Å². The Morgan fingerprint density at radius 2 is 1.75 bits per heavy atom. The molecule has 0 atom stereocenters. The molecule has 0 spiro atoms. The SMILES string of the molecule is Fc1ccc(F)c(NC(=S)NCc2cccc(C(F)(F)F)c2F)c1. The first-order chi connectivity index (χ1) is 11.2. The van der Waals surface area contributed by atoms with E-state index in [9.17, 15) is 26.3 Å². The van der Waals surface area contributed by atoms with Crippen LogP contribution in [0, 0.1) is 17.5 Å². The topological polar surface area (TPSA) is 24.1 Å². The van der Waals surface area contributed by atoms with Gasteiger partial charge >= 0.3 is 6.18 Å². The van der Waals surface area contributed by atoms with Crippen LogP contribution < -0.4 is 10.6 Å². The molecule has 0 saturated heterocycles. The number of benzene rings is 2. The van der Waals surface area contributed by atoms with Crippen molar-refractivity contribution in [3.8, 4) is 0 Å². The van der Waals surface area contributed by atoms with Crippen molar-refractivity contribution in [3.63, 3.8) is 0 Å². The third-order valence-corrected chi connectivity index (χ3v) is 3.25. The molecule has 2 nitrogen and oxygen atoms in total. The lowest BCUT2D eigenvalue weighted by Crippen LogP contribution is -2.29. The summed E-state index contributed by atoms with van der Waals surface area (Å²) in [6, 6.07) is 5.49. The highest BCUT2D eigenvalue weighted by molar-refractivity contribution is 7.80. The van der Waals surface area contributed by atoms with Crippen LogP contribution in [0.1, 0.15) is 11.1 Å². The van der Waals surface area contributed by atoms with E-state index in [0.29, 0.717) is 6.07 Å². The van der Waals surface area contributed by atoms with Crippen LogP contribution in [0.3, 0.4) is 0 Å². The second kappa shape index (κ2) is 7.08. The minimum absolute atomic E-state index is 0.198. The van der Waals surface area contributed by atoms with Gasteiger partial charge in [0.2, 0.25) is 0 Å². The van der Waals surface area contributed by atoms with Gasteiger partial charge in [0, 0.05) is 18.2 Å². The van der Waals surface area contributed by atoms with Crippen molar-refractivity contribution in [2.45, 2.75) is 12.7 Å². The van der Waals surface area contributed by atoms with E-state index in [-0.39, 0.29) is 22.9 Å². The Morgan fingerprint density at radius 3 is 2.42 bits per heavy atom. The van der Waals surface area contributed by atoms with Crippen molar-refractivity contribution in [1.29, 1.82) is 0 Å². The van der Waals surface area contributed by atoms with E-state index >= 15 is 0 Å². The minimum atomic E-state index is -4.82. The predicted octanol–water partition coefficient (Wildman–Crippen LogP) is 4.61. The fourth-order valence-corrected chi connectivity index (χ4v) is 2.05. The quantitative estimate of drug-likeness (QED) is 0.614. The summed E-state index contributed by atoms with van der Waals surface area (Å²) in [6.45, 7) is -0.363. The number of anilines is 1. The van der Waals surface area contributed by atoms with Gasteiger partial charge in [-0.2, -0.15) is 13.2 Å². The molecule has 24 heavy (non-hydrogen) atoms. The molecule has 0 aliphatic rings. The third kappa shape index (κ3) is 4.38. The highest BCUT2D eigenvalue weighted by Crippen LogP contribution is 2.32. The molecule has 0 aromatic heterocycles. The summed E-state index contributed by atoms with van der Waals surface area (Å²) >= 11 is 4.83. The Kier molecular flexibility index (Phi) is 5.33. The summed E-state index contributed by atoms with van der Waals surface area (Å²) in [7, 11) is 0. The molecule has 2 N–H and O–H groups in total. The van der Waals surface area contributed by atoms with Gasteiger partial charge in [0.15, 0.2) is 5.11 Å². The number of alkyl halides is 3. The van der Waals surface area contributed by atoms with Gasteiger partial charge in [-0.05, 0) is 30.4 Å². The summed E-state index contributed by atoms with van der Waals surface area (Å²) in [5, 5.41) is 4.59. The van der Waals surface area contributed by atoms with Gasteiger partial charge in [0.1, 0.15) is 17.5 Å². The Balaban J connectivity index is 2.06. The molecule has 0 bridgehead atoms. The molecular weight excluding hydrogens is 354 g/mol. The molecule has 2 rings (SSSR count). The molecule has 0 fully saturated rings. The van der Waals surface area contributed by atoms with Crippen molar-refractivity contribution >= 4 is 23.0 Å². The Morgan fingerprint density at radius 1 is 1.04 bits per heavy atom. The van der Waals surface area contributed by atoms with E-state index in [4.69, 9.17) is 12.2 Å². The van der Waals surface area contributed by atoms with Crippen LogP contribution in [-0.4, -0.2) is 5.11 Å². The van der Waals surface area contributed by atoms with Gasteiger partial charge < -0.3 is 10.6 Å². The number of rotatable bonds is 3. The summed E-state index contributed by atoms with van der Waals surface area (Å²) < 4.78 is 78.2. The molecule has 2 aromatic rings. The van der Waals surface area contributed by atoms with Gasteiger partial charge in [-0.15, -0.1) is 0 Å². The summed E-state index contributed by atoms with van der Waals surface area (Å²) in [5.74, 6) is -2.89. The number of hydrogen-bond acceptors (Lipinski definition) is 1. The van der Waals surface area contributed by atoms with Crippen molar-refractivity contribution in [2.75, 3.05) is 5.32 Å². The van der Waals surface area contributed by atoms with Crippen LogP contribution in [-0.2, 0) is 12.7 Å². The van der Waals surface area contributed by atoms with Gasteiger partial charge in [-0.25, -0.2) is 13.2 Å². The lowest BCUT2D eigenvalue weighted by molar-refractivity contribution is -0.140. The third-order valence-electron chi connectivity index (χ3n) is 3.00. The average molecular weight is 364 g/mol. The van der Waals surface area contributed by atoms with Crippen LogP contribution in [0.4, 0.5) is 32.0 Å². The summed E-state index contributed by atoms with van der Waals surface area (Å²) in [4.78, 5) is 0. The number of thiocarbonyl (C=S) groups is 1. The smallest absolute Gasteiger partial charge is 0.358 e. The number of halogens is 6. The summed E-state index contributed by atoms with van der Waals surface area (Å²) in [5.41, 5.74) is -1.91. The second-order valence-electron chi connectivity index (χ2n) is 4.71. The van der Waals surface area contributed by atoms with Crippen molar-refractivity contribution in [3.05, 3.63) is 65.0 Å². The van der Waals surface area contributed by atoms with Gasteiger partial charge in [0.25, 0.3) is 0 Å². The van der Waals surface area contributed by atoms with E-state index in [1.54, 1.807) is 0 Å². The highest BCUT2D eigenvalue weighted by Gasteiger charge is 2.34. The highest BCUT2D eigenvalue weighted by atomic mass is 32.1. The molecule has 0 aliphatic heterocycles. The lowest BCUT2D eigenvalue weighted by atomic mass is 10.1. The van der Waals surface area contributed by atoms with Crippen molar-refractivity contribution < 1.29 is 26.3 Å². The van der Waals surface area contributed by atoms with E-state index in [0.717, 1.165) is 30.3 Å². The van der Waals surface area contributed by atoms with Gasteiger partial charge in [0.05, 0.1) is 11.3 Å². The van der Waals surface area contributed by atoms with Crippen LogP contribution in [0.25, 0.3) is 0 Å². The zero-order valence-electron chi connectivity index (χ0n) is 11.8. The molecule has 9 heteroatoms. The first kappa shape index (κ1) is 18.1. The van der Waals surface area contributed by atoms with Crippen LogP contribution in [0.15, 0.2) is 36.4 Å². The minimum Gasteiger partial charge on any atom is -0.358 e. The maximum Gasteiger partial charge on any atom is 0.419 e. The molecule has 0 amide bonds. The van der Waals surface area contributed by atoms with Crippen LogP contribution in [0.5, 0.6) is 0 Å². The van der Waals surface area contributed by atoms with Crippen LogP contribution >= 0.6 is 12.2 Å². The Hall–Kier alpha value is -2.29. The van der Waals surface area contributed by atoms with E-state index < -0.39 is 29.2 Å². The Bertz CT molecular complexity index is 760. The van der Waals surface area contributed by atoms with E-state index in [2.05, 4.69) is 10.6 Å². The first-order valence-corrected chi connectivity index (χ1v) is 6.94. The average Bonchev–Trinajstić information content (AvgIpc) is 2.49. The molecular formula is C15H10F6N2S. The fraction of sp³-hybridized carbons (Fsp3) is 0.133. The second-order valence-corrected chi connectivity index (χ2v) is 5.12. The maximum absolute atomic E-state index is 13.8. The molecule has 128 valence electrons. The predicted molar refractivity (Wildman–Crippen MR) is 80.8 cm³/mol. The molecule has 0 radical (unpaired) electrons. The summed E-state index contributed by atoms with van der Waals surface area (Å²) in [6.07, 6.45) is -4.82. The number of hydrogen-bond donors (Lipinski definition) is 2. The van der Waals surface area contributed by atoms with Crippen LogP contribution in [0.2, 0.25) is 0 Å². The largest absolute Gasteiger partial charge is 0.419 e.